The van der Waals surface area contributed by atoms with Gasteiger partial charge in [-0.05, 0) is 31.9 Å². The van der Waals surface area contributed by atoms with E-state index in [0.717, 1.165) is 35.3 Å². The fourth-order valence-electron chi connectivity index (χ4n) is 4.26. The molecule has 1 amide bonds. The molecule has 4 rings (SSSR count). The van der Waals surface area contributed by atoms with Gasteiger partial charge in [0.15, 0.2) is 11.4 Å². The number of aromatic nitrogens is 4. The van der Waals surface area contributed by atoms with Crippen molar-refractivity contribution in [3.63, 3.8) is 0 Å². The summed E-state index contributed by atoms with van der Waals surface area (Å²) in [7, 11) is 3.41. The summed E-state index contributed by atoms with van der Waals surface area (Å²) < 4.78 is 7.05. The van der Waals surface area contributed by atoms with Gasteiger partial charge in [0.25, 0.3) is 0 Å². The molecule has 0 aliphatic carbocycles. The Bertz CT molecular complexity index is 1120. The highest BCUT2D eigenvalue weighted by Gasteiger charge is 2.29. The molecule has 0 saturated carbocycles. The van der Waals surface area contributed by atoms with Crippen LogP contribution >= 0.6 is 0 Å². The average molecular weight is 422 g/mol. The number of Topliss-reactive ketones (excluding diaryl/α,β-unsaturated/α-hetero) is 1. The second-order valence-electron chi connectivity index (χ2n) is 8.04. The van der Waals surface area contributed by atoms with Gasteiger partial charge in [-0.3, -0.25) is 9.59 Å². The van der Waals surface area contributed by atoms with Crippen LogP contribution < -0.4 is 4.74 Å². The van der Waals surface area contributed by atoms with Crippen molar-refractivity contribution in [2.24, 2.45) is 7.05 Å². The monoisotopic (exact) mass is 421 g/mol. The SMILES string of the molecule is COc1ccc(C)cc1C(=O)CCC(=O)N1CCC[C@H](c2nn(C)c3nccnc23)C1. The molecular weight excluding hydrogens is 394 g/mol. The summed E-state index contributed by atoms with van der Waals surface area (Å²) in [6.45, 7) is 3.22. The third kappa shape index (κ3) is 4.28. The third-order valence-corrected chi connectivity index (χ3v) is 5.87. The van der Waals surface area contributed by atoms with Gasteiger partial charge in [0.1, 0.15) is 11.3 Å². The summed E-state index contributed by atoms with van der Waals surface area (Å²) in [5, 5.41) is 4.63. The number of amides is 1. The van der Waals surface area contributed by atoms with E-state index in [1.807, 2.05) is 31.0 Å². The minimum Gasteiger partial charge on any atom is -0.496 e. The lowest BCUT2D eigenvalue weighted by Crippen LogP contribution is -2.39. The van der Waals surface area contributed by atoms with E-state index in [2.05, 4.69) is 15.1 Å². The van der Waals surface area contributed by atoms with Crippen LogP contribution in [-0.4, -0.2) is 56.5 Å². The molecule has 3 heterocycles. The average Bonchev–Trinajstić information content (AvgIpc) is 3.14. The number of ether oxygens (including phenoxy) is 1. The van der Waals surface area contributed by atoms with Crippen LogP contribution in [0.4, 0.5) is 0 Å². The Morgan fingerprint density at radius 1 is 1.19 bits per heavy atom. The smallest absolute Gasteiger partial charge is 0.223 e. The lowest BCUT2D eigenvalue weighted by molar-refractivity contribution is -0.132. The molecule has 0 bridgehead atoms. The molecule has 1 saturated heterocycles. The van der Waals surface area contributed by atoms with Crippen molar-refractivity contribution in [3.05, 3.63) is 47.4 Å². The van der Waals surface area contributed by atoms with E-state index in [0.29, 0.717) is 24.4 Å². The maximum absolute atomic E-state index is 12.9. The second-order valence-corrected chi connectivity index (χ2v) is 8.04. The number of methoxy groups -OCH3 is 1. The highest BCUT2D eigenvalue weighted by Crippen LogP contribution is 2.30. The largest absolute Gasteiger partial charge is 0.496 e. The molecule has 1 aromatic carbocycles. The number of nitrogens with zero attached hydrogens (tertiary/aromatic N) is 5. The normalized spacial score (nSPS) is 16.5. The Morgan fingerprint density at radius 3 is 2.81 bits per heavy atom. The molecule has 1 atom stereocenters. The minimum atomic E-state index is -0.0755. The van der Waals surface area contributed by atoms with Gasteiger partial charge in [0.05, 0.1) is 18.4 Å². The zero-order valence-corrected chi connectivity index (χ0v) is 18.2. The minimum absolute atomic E-state index is 0.00371. The van der Waals surface area contributed by atoms with Crippen molar-refractivity contribution in [1.29, 1.82) is 0 Å². The molecule has 8 nitrogen and oxygen atoms in total. The number of likely N-dealkylation sites (tertiary alicyclic amines) is 1. The van der Waals surface area contributed by atoms with Crippen molar-refractivity contribution in [2.45, 2.75) is 38.5 Å². The number of aryl methyl sites for hydroxylation is 2. The molecule has 1 aliphatic heterocycles. The molecule has 0 spiro atoms. The van der Waals surface area contributed by atoms with E-state index in [-0.39, 0.29) is 30.4 Å². The molecule has 1 fully saturated rings. The first kappa shape index (κ1) is 21.0. The summed E-state index contributed by atoms with van der Waals surface area (Å²) in [6, 6.07) is 5.51. The number of carbonyl (C=O) groups excluding carboxylic acids is 2. The van der Waals surface area contributed by atoms with E-state index in [1.54, 1.807) is 30.3 Å². The third-order valence-electron chi connectivity index (χ3n) is 5.87. The highest BCUT2D eigenvalue weighted by atomic mass is 16.5. The molecule has 31 heavy (non-hydrogen) atoms. The van der Waals surface area contributed by atoms with E-state index < -0.39 is 0 Å². The highest BCUT2D eigenvalue weighted by molar-refractivity contribution is 6.00. The Balaban J connectivity index is 1.42. The predicted molar refractivity (Wildman–Crippen MR) is 116 cm³/mol. The van der Waals surface area contributed by atoms with Crippen LogP contribution in [0.5, 0.6) is 5.75 Å². The van der Waals surface area contributed by atoms with Gasteiger partial charge in [-0.2, -0.15) is 5.10 Å². The molecule has 162 valence electrons. The van der Waals surface area contributed by atoms with Crippen molar-refractivity contribution in [3.8, 4) is 5.75 Å². The zero-order chi connectivity index (χ0) is 22.0. The van der Waals surface area contributed by atoms with Crippen LogP contribution in [-0.2, 0) is 11.8 Å². The summed E-state index contributed by atoms with van der Waals surface area (Å²) in [5.41, 5.74) is 3.96. The molecule has 0 radical (unpaired) electrons. The van der Waals surface area contributed by atoms with Crippen LogP contribution in [0.2, 0.25) is 0 Å². The Kier molecular flexibility index (Phi) is 5.97. The number of benzene rings is 1. The Hall–Kier alpha value is -3.29. The molecule has 3 aromatic rings. The van der Waals surface area contributed by atoms with E-state index in [9.17, 15) is 9.59 Å². The topological polar surface area (TPSA) is 90.2 Å². The maximum atomic E-state index is 12.9. The van der Waals surface area contributed by atoms with Crippen LogP contribution in [0.3, 0.4) is 0 Å². The summed E-state index contributed by atoms with van der Waals surface area (Å²) >= 11 is 0. The van der Waals surface area contributed by atoms with E-state index >= 15 is 0 Å². The Morgan fingerprint density at radius 2 is 2.00 bits per heavy atom. The predicted octanol–water partition coefficient (Wildman–Crippen LogP) is 3.05. The number of fused-ring (bicyclic) bond motifs is 1. The van der Waals surface area contributed by atoms with Gasteiger partial charge in [-0.1, -0.05) is 11.6 Å². The first-order chi connectivity index (χ1) is 15.0. The van der Waals surface area contributed by atoms with Crippen molar-refractivity contribution < 1.29 is 14.3 Å². The number of hydrogen-bond donors (Lipinski definition) is 0. The fourth-order valence-corrected chi connectivity index (χ4v) is 4.26. The van der Waals surface area contributed by atoms with Crippen LogP contribution in [0.1, 0.15) is 53.2 Å². The number of hydrogen-bond acceptors (Lipinski definition) is 6. The molecule has 1 aliphatic rings. The maximum Gasteiger partial charge on any atom is 0.223 e. The number of rotatable bonds is 6. The lowest BCUT2D eigenvalue weighted by Gasteiger charge is -2.32. The van der Waals surface area contributed by atoms with E-state index in [1.165, 1.54) is 0 Å². The standard InChI is InChI=1S/C23H27N5O3/c1-15-6-8-19(31-3)17(13-15)18(29)7-9-20(30)28-12-4-5-16(14-28)21-22-23(27(2)26-21)25-11-10-24-22/h6,8,10-11,13,16H,4-5,7,9,12,14H2,1-3H3/t16-/m0/s1. The fraction of sp³-hybridized carbons (Fsp3) is 0.435. The van der Waals surface area contributed by atoms with E-state index in [4.69, 9.17) is 4.74 Å². The first-order valence-corrected chi connectivity index (χ1v) is 10.6. The van der Waals surface area contributed by atoms with Crippen molar-refractivity contribution in [1.82, 2.24) is 24.6 Å². The molecule has 8 heteroatoms. The number of piperidine rings is 1. The molecule has 2 aromatic heterocycles. The van der Waals surface area contributed by atoms with Gasteiger partial charge in [0.2, 0.25) is 5.91 Å². The quantitative estimate of drug-likeness (QED) is 0.568. The van der Waals surface area contributed by atoms with Crippen LogP contribution in [0.25, 0.3) is 11.2 Å². The molecule has 0 unspecified atom stereocenters. The summed E-state index contributed by atoms with van der Waals surface area (Å²) in [6.07, 6.45) is 5.53. The van der Waals surface area contributed by atoms with Crippen LogP contribution in [0, 0.1) is 6.92 Å². The second kappa shape index (κ2) is 8.83. The van der Waals surface area contributed by atoms with Gasteiger partial charge >= 0.3 is 0 Å². The van der Waals surface area contributed by atoms with Crippen molar-refractivity contribution >= 4 is 22.9 Å². The van der Waals surface area contributed by atoms with Gasteiger partial charge < -0.3 is 9.64 Å². The number of ketones is 1. The number of carbonyl (C=O) groups is 2. The first-order valence-electron chi connectivity index (χ1n) is 10.6. The van der Waals surface area contributed by atoms with Gasteiger partial charge in [-0.25, -0.2) is 14.6 Å². The molecular formula is C23H27N5O3. The summed E-state index contributed by atoms with van der Waals surface area (Å²) in [5.74, 6) is 0.583. The van der Waals surface area contributed by atoms with Crippen molar-refractivity contribution in [2.75, 3.05) is 20.2 Å². The zero-order valence-electron chi connectivity index (χ0n) is 18.2. The van der Waals surface area contributed by atoms with Crippen LogP contribution in [0.15, 0.2) is 30.6 Å². The van der Waals surface area contributed by atoms with Gasteiger partial charge in [-0.15, -0.1) is 0 Å². The van der Waals surface area contributed by atoms with Gasteiger partial charge in [0, 0.05) is 51.3 Å². The Labute approximate surface area is 181 Å². The molecule has 0 N–H and O–H groups in total. The summed E-state index contributed by atoms with van der Waals surface area (Å²) in [4.78, 5) is 36.3. The lowest BCUT2D eigenvalue weighted by atomic mass is 9.93.